The lowest BCUT2D eigenvalue weighted by molar-refractivity contribution is -0.123. The average molecular weight is 379 g/mol. The first kappa shape index (κ1) is 18.0. The molecule has 23 heavy (non-hydrogen) atoms. The fourth-order valence-corrected chi connectivity index (χ4v) is 4.33. The molecule has 6 nitrogen and oxygen atoms in total. The van der Waals surface area contributed by atoms with Crippen LogP contribution in [0, 0.1) is 0 Å². The Bertz CT molecular complexity index is 736. The van der Waals surface area contributed by atoms with Gasteiger partial charge in [-0.15, -0.1) is 0 Å². The van der Waals surface area contributed by atoms with E-state index in [-0.39, 0.29) is 29.0 Å². The zero-order valence-electron chi connectivity index (χ0n) is 12.4. The van der Waals surface area contributed by atoms with Gasteiger partial charge in [0.15, 0.2) is 9.84 Å². The Hall–Kier alpha value is -1.31. The van der Waals surface area contributed by atoms with Crippen molar-refractivity contribution in [2.24, 2.45) is 0 Å². The van der Waals surface area contributed by atoms with Gasteiger partial charge in [0.05, 0.1) is 21.6 Å². The van der Waals surface area contributed by atoms with E-state index >= 15 is 0 Å². The molecule has 2 rings (SSSR count). The van der Waals surface area contributed by atoms with Gasteiger partial charge in [-0.25, -0.2) is 8.42 Å². The second kappa shape index (κ2) is 7.07. The molecule has 2 amide bonds. The molecule has 1 aromatic rings. The smallest absolute Gasteiger partial charge is 0.240 e. The van der Waals surface area contributed by atoms with Gasteiger partial charge in [0.2, 0.25) is 11.8 Å². The second-order valence-corrected chi connectivity index (χ2v) is 8.41. The minimum absolute atomic E-state index is 0.0639. The van der Waals surface area contributed by atoms with Gasteiger partial charge in [-0.1, -0.05) is 23.2 Å². The third kappa shape index (κ3) is 4.83. The first-order chi connectivity index (χ1) is 10.7. The molecule has 0 spiro atoms. The average Bonchev–Trinajstić information content (AvgIpc) is 2.78. The molecule has 1 unspecified atom stereocenters. The van der Waals surface area contributed by atoms with Crippen LogP contribution in [0.5, 0.6) is 0 Å². The molecule has 126 valence electrons. The van der Waals surface area contributed by atoms with Crippen LogP contribution in [0.3, 0.4) is 0 Å². The third-order valence-electron chi connectivity index (χ3n) is 3.49. The summed E-state index contributed by atoms with van der Waals surface area (Å²) in [5, 5.41) is 3.27. The zero-order chi connectivity index (χ0) is 17.2. The van der Waals surface area contributed by atoms with Gasteiger partial charge in [0, 0.05) is 18.7 Å². The number of halogens is 2. The lowest BCUT2D eigenvalue weighted by atomic mass is 10.2. The molecule has 1 fully saturated rings. The fourth-order valence-electron chi connectivity index (χ4n) is 2.36. The van der Waals surface area contributed by atoms with Crippen molar-refractivity contribution in [2.45, 2.75) is 19.4 Å². The maximum atomic E-state index is 12.1. The van der Waals surface area contributed by atoms with E-state index in [1.165, 1.54) is 24.0 Å². The summed E-state index contributed by atoms with van der Waals surface area (Å²) < 4.78 is 22.8. The summed E-state index contributed by atoms with van der Waals surface area (Å²) in [7, 11) is -3.08. The Morgan fingerprint density at radius 1 is 1.30 bits per heavy atom. The van der Waals surface area contributed by atoms with Crippen molar-refractivity contribution in [1.29, 1.82) is 0 Å². The number of rotatable bonds is 4. The van der Waals surface area contributed by atoms with Crippen LogP contribution < -0.4 is 10.2 Å². The molecule has 9 heteroatoms. The summed E-state index contributed by atoms with van der Waals surface area (Å²) in [5.41, 5.74) is 0.445. The Balaban J connectivity index is 2.06. The standard InChI is InChI=1S/C14H16Cl2N2O4S/c1-9(19)18(11-2-3-12(15)13(16)6-11)7-14(20)17-10-4-5-23(21,22)8-10/h2-3,6,10H,4-5,7-8H2,1H3,(H,17,20). The van der Waals surface area contributed by atoms with E-state index in [0.29, 0.717) is 17.1 Å². The molecule has 1 saturated heterocycles. The summed E-state index contributed by atoms with van der Waals surface area (Å²) in [6.07, 6.45) is 0.390. The third-order valence-corrected chi connectivity index (χ3v) is 6.00. The Labute approximate surface area is 144 Å². The minimum atomic E-state index is -3.08. The fraction of sp³-hybridized carbons (Fsp3) is 0.429. The SMILES string of the molecule is CC(=O)N(CC(=O)NC1CCS(=O)(=O)C1)c1ccc(Cl)c(Cl)c1. The molecule has 0 radical (unpaired) electrons. The summed E-state index contributed by atoms with van der Waals surface area (Å²) in [5.74, 6) is -0.752. The van der Waals surface area contributed by atoms with Gasteiger partial charge in [0.25, 0.3) is 0 Å². The minimum Gasteiger partial charge on any atom is -0.351 e. The van der Waals surface area contributed by atoms with Crippen molar-refractivity contribution in [1.82, 2.24) is 5.32 Å². The number of hydrogen-bond acceptors (Lipinski definition) is 4. The van der Waals surface area contributed by atoms with Crippen LogP contribution in [0.15, 0.2) is 18.2 Å². The topological polar surface area (TPSA) is 83.6 Å². The monoisotopic (exact) mass is 378 g/mol. The van der Waals surface area contributed by atoms with E-state index in [4.69, 9.17) is 23.2 Å². The molecule has 1 aliphatic heterocycles. The maximum Gasteiger partial charge on any atom is 0.240 e. The first-order valence-electron chi connectivity index (χ1n) is 6.91. The van der Waals surface area contributed by atoms with Crippen LogP contribution in [-0.2, 0) is 19.4 Å². The number of carbonyl (C=O) groups is 2. The van der Waals surface area contributed by atoms with Crippen molar-refractivity contribution in [3.05, 3.63) is 28.2 Å². The van der Waals surface area contributed by atoms with Crippen molar-refractivity contribution in [3.63, 3.8) is 0 Å². The van der Waals surface area contributed by atoms with Crippen LogP contribution in [0.4, 0.5) is 5.69 Å². The van der Waals surface area contributed by atoms with Crippen LogP contribution >= 0.6 is 23.2 Å². The zero-order valence-corrected chi connectivity index (χ0v) is 14.7. The van der Waals surface area contributed by atoms with E-state index in [0.717, 1.165) is 0 Å². The molecule has 1 aliphatic rings. The summed E-state index contributed by atoms with van der Waals surface area (Å²) >= 11 is 11.8. The molecular weight excluding hydrogens is 363 g/mol. The number of carbonyl (C=O) groups excluding carboxylic acids is 2. The number of amides is 2. The van der Waals surface area contributed by atoms with Crippen molar-refractivity contribution in [2.75, 3.05) is 23.0 Å². The predicted molar refractivity (Wildman–Crippen MR) is 89.7 cm³/mol. The van der Waals surface area contributed by atoms with Crippen molar-refractivity contribution >= 4 is 50.5 Å². The van der Waals surface area contributed by atoms with Crippen molar-refractivity contribution in [3.8, 4) is 0 Å². The highest BCUT2D eigenvalue weighted by molar-refractivity contribution is 7.91. The Morgan fingerprint density at radius 2 is 2.00 bits per heavy atom. The highest BCUT2D eigenvalue weighted by Gasteiger charge is 2.29. The highest BCUT2D eigenvalue weighted by Crippen LogP contribution is 2.27. The van der Waals surface area contributed by atoms with Gasteiger partial charge in [-0.2, -0.15) is 0 Å². The lowest BCUT2D eigenvalue weighted by Gasteiger charge is -2.22. The van der Waals surface area contributed by atoms with Crippen LogP contribution in [0.1, 0.15) is 13.3 Å². The van der Waals surface area contributed by atoms with Crippen molar-refractivity contribution < 1.29 is 18.0 Å². The van der Waals surface area contributed by atoms with E-state index in [2.05, 4.69) is 5.32 Å². The second-order valence-electron chi connectivity index (χ2n) is 5.37. The molecule has 1 atom stereocenters. The van der Waals surface area contributed by atoms with Crippen LogP contribution in [0.25, 0.3) is 0 Å². The number of benzene rings is 1. The highest BCUT2D eigenvalue weighted by atomic mass is 35.5. The van der Waals surface area contributed by atoms with Gasteiger partial charge >= 0.3 is 0 Å². The summed E-state index contributed by atoms with van der Waals surface area (Å²) in [4.78, 5) is 25.1. The molecule has 0 saturated carbocycles. The molecule has 1 N–H and O–H groups in total. The molecule has 1 heterocycles. The molecule has 1 aromatic carbocycles. The number of sulfone groups is 1. The number of nitrogens with one attached hydrogen (secondary N) is 1. The Kier molecular flexibility index (Phi) is 5.54. The number of nitrogens with zero attached hydrogens (tertiary/aromatic N) is 1. The lowest BCUT2D eigenvalue weighted by Crippen LogP contribution is -2.44. The van der Waals surface area contributed by atoms with Gasteiger partial charge in [-0.3, -0.25) is 9.59 Å². The van der Waals surface area contributed by atoms with Crippen LogP contribution in [0.2, 0.25) is 10.0 Å². The van der Waals surface area contributed by atoms with Gasteiger partial charge < -0.3 is 10.2 Å². The van der Waals surface area contributed by atoms with Gasteiger partial charge in [0.1, 0.15) is 6.54 Å². The quantitative estimate of drug-likeness (QED) is 0.862. The predicted octanol–water partition coefficient (Wildman–Crippen LogP) is 1.65. The molecule has 0 aliphatic carbocycles. The molecule has 0 bridgehead atoms. The Morgan fingerprint density at radius 3 is 2.52 bits per heavy atom. The summed E-state index contributed by atoms with van der Waals surface area (Å²) in [6, 6.07) is 4.22. The number of hydrogen-bond donors (Lipinski definition) is 1. The normalized spacial score (nSPS) is 19.3. The van der Waals surface area contributed by atoms with E-state index in [1.54, 1.807) is 6.07 Å². The number of anilines is 1. The summed E-state index contributed by atoms with van der Waals surface area (Å²) in [6.45, 7) is 1.11. The van der Waals surface area contributed by atoms with Gasteiger partial charge in [-0.05, 0) is 24.6 Å². The van der Waals surface area contributed by atoms with E-state index < -0.39 is 21.8 Å². The van der Waals surface area contributed by atoms with E-state index in [1.807, 2.05) is 0 Å². The van der Waals surface area contributed by atoms with E-state index in [9.17, 15) is 18.0 Å². The molecule has 0 aromatic heterocycles. The molecular formula is C14H16Cl2N2O4S. The maximum absolute atomic E-state index is 12.1. The van der Waals surface area contributed by atoms with Crippen LogP contribution in [-0.4, -0.2) is 44.3 Å². The first-order valence-corrected chi connectivity index (χ1v) is 9.48. The largest absolute Gasteiger partial charge is 0.351 e.